The van der Waals surface area contributed by atoms with Gasteiger partial charge in [-0.05, 0) is 116 Å². The molecule has 0 bridgehead atoms. The molecule has 2 spiro atoms. The van der Waals surface area contributed by atoms with E-state index in [1.165, 1.54) is 38.5 Å². The van der Waals surface area contributed by atoms with Crippen LogP contribution in [0, 0.1) is 50.7 Å². The Hall–Kier alpha value is 0.0700. The summed E-state index contributed by atoms with van der Waals surface area (Å²) >= 11 is 1.82. The molecule has 0 aromatic carbocycles. The van der Waals surface area contributed by atoms with E-state index in [1.54, 1.807) is 0 Å². The fourth-order valence-corrected chi connectivity index (χ4v) is 15.5. The summed E-state index contributed by atoms with van der Waals surface area (Å²) in [6.45, 7) is 22.8. The van der Waals surface area contributed by atoms with Crippen molar-refractivity contribution in [1.29, 1.82) is 0 Å². The summed E-state index contributed by atoms with van der Waals surface area (Å²) in [5.74, 6) is 2.95. The zero-order chi connectivity index (χ0) is 33.4. The van der Waals surface area contributed by atoms with Gasteiger partial charge in [-0.15, -0.1) is 0 Å². The molecule has 7 nitrogen and oxygen atoms in total. The van der Waals surface area contributed by atoms with E-state index < -0.39 is 11.7 Å². The van der Waals surface area contributed by atoms with Crippen molar-refractivity contribution in [3.05, 3.63) is 0 Å². The van der Waals surface area contributed by atoms with E-state index in [9.17, 15) is 10.2 Å². The maximum Gasteiger partial charge on any atom is 0.170 e. The molecule has 3 heterocycles. The molecule has 0 amide bonds. The highest BCUT2D eigenvalue weighted by Gasteiger charge is 2.84. The maximum absolute atomic E-state index is 12.6. The first kappa shape index (κ1) is 34.2. The molecule has 5 unspecified atom stereocenters. The van der Waals surface area contributed by atoms with Gasteiger partial charge in [-0.3, -0.25) is 4.90 Å². The van der Waals surface area contributed by atoms with Gasteiger partial charge in [0.2, 0.25) is 0 Å². The third-order valence-corrected chi connectivity index (χ3v) is 18.2. The Morgan fingerprint density at radius 1 is 1.02 bits per heavy atom. The summed E-state index contributed by atoms with van der Waals surface area (Å²) in [4.78, 5) is 2.51. The van der Waals surface area contributed by atoms with E-state index in [0.717, 1.165) is 51.5 Å². The molecule has 3 saturated heterocycles. The number of thioether (sulfide) groups is 1. The zero-order valence-corrected chi connectivity index (χ0v) is 31.4. The molecule has 3 aliphatic heterocycles. The molecule has 8 heteroatoms. The first-order chi connectivity index (χ1) is 22.1. The zero-order valence-electron chi connectivity index (χ0n) is 30.6. The van der Waals surface area contributed by atoms with Crippen LogP contribution in [0.3, 0.4) is 0 Å². The summed E-state index contributed by atoms with van der Waals surface area (Å²) in [5, 5.41) is 23.8. The molecule has 268 valence electrons. The Bertz CT molecular complexity index is 1210. The molecule has 0 radical (unpaired) electrons. The third kappa shape index (κ3) is 4.63. The van der Waals surface area contributed by atoms with Crippen LogP contribution in [0.1, 0.15) is 107 Å². The van der Waals surface area contributed by atoms with Gasteiger partial charge >= 0.3 is 0 Å². The molecular formula is C39H65NO6S. The van der Waals surface area contributed by atoms with Crippen molar-refractivity contribution >= 4 is 11.8 Å². The van der Waals surface area contributed by atoms with Gasteiger partial charge in [0.1, 0.15) is 0 Å². The lowest BCUT2D eigenvalue weighted by atomic mass is 9.41. The van der Waals surface area contributed by atoms with Gasteiger partial charge in [-0.1, -0.05) is 41.5 Å². The fraction of sp³-hybridized carbons (Fsp3) is 1.00. The van der Waals surface area contributed by atoms with Crippen molar-refractivity contribution < 1.29 is 29.2 Å². The lowest BCUT2D eigenvalue weighted by molar-refractivity contribution is -0.256. The largest absolute Gasteiger partial charge is 0.390 e. The van der Waals surface area contributed by atoms with Gasteiger partial charge in [0.05, 0.1) is 67.7 Å². The number of fused-ring (bicyclic) bond motifs is 4. The highest BCUT2D eigenvalue weighted by atomic mass is 32.2. The average molecular weight is 676 g/mol. The maximum atomic E-state index is 12.6. The lowest BCUT2D eigenvalue weighted by Crippen LogP contribution is -2.60. The first-order valence-electron chi connectivity index (χ1n) is 19.4. The van der Waals surface area contributed by atoms with E-state index in [0.29, 0.717) is 40.5 Å². The SMILES string of the molecule is CCS[C@@H](C1C[C@@H](C)C2C(O1)[C@H](O)[C@@]1(C)C3CC[C@H]4C(C)(C)C(O[C@H]5CN(C6COC6)CCO5)CC[C@@]45C[C@@]35CC[C@]21C)C(C)(C)O. The summed E-state index contributed by atoms with van der Waals surface area (Å²) in [5.41, 5.74) is -0.133. The molecule has 8 fully saturated rings. The Kier molecular flexibility index (Phi) is 8.20. The fourth-order valence-electron chi connectivity index (χ4n) is 14.4. The van der Waals surface area contributed by atoms with Crippen molar-refractivity contribution in [1.82, 2.24) is 4.90 Å². The van der Waals surface area contributed by atoms with Crippen LogP contribution in [0.15, 0.2) is 0 Å². The number of rotatable bonds is 7. The lowest BCUT2D eigenvalue weighted by Gasteiger charge is -2.64. The minimum Gasteiger partial charge on any atom is -0.390 e. The first-order valence-corrected chi connectivity index (χ1v) is 20.5. The molecule has 0 aromatic heterocycles. The summed E-state index contributed by atoms with van der Waals surface area (Å²) in [6.07, 6.45) is 9.03. The number of morpholine rings is 1. The number of ether oxygens (including phenoxy) is 4. The molecule has 0 aromatic rings. The number of hydrogen-bond acceptors (Lipinski definition) is 8. The molecule has 14 atom stereocenters. The standard InChI is InChI=1S/C39H65NO6S/c1-9-47-33(35(5,6)42)25-18-23(2)30-31(45-25)32(41)37(8)27-11-10-26-34(3,4)28(46-29-19-40(16-17-44-29)24-20-43-21-24)12-13-38(26)22-39(27,38)15-14-36(30,37)7/h23-33,41-42H,9-22H2,1-8H3/t23-,25?,26+,27?,28?,29+,30?,31?,32+,33+,36-,37-,38-,39+/m1/s1. The van der Waals surface area contributed by atoms with Crippen LogP contribution >= 0.6 is 11.8 Å². The van der Waals surface area contributed by atoms with Gasteiger partial charge in [0, 0.05) is 12.0 Å². The van der Waals surface area contributed by atoms with Gasteiger partial charge < -0.3 is 29.2 Å². The quantitative estimate of drug-likeness (QED) is 0.334. The molecule has 8 aliphatic rings. The monoisotopic (exact) mass is 675 g/mol. The van der Waals surface area contributed by atoms with E-state index in [4.69, 9.17) is 18.9 Å². The average Bonchev–Trinajstić information content (AvgIpc) is 3.61. The van der Waals surface area contributed by atoms with Crippen LogP contribution in [-0.2, 0) is 18.9 Å². The summed E-state index contributed by atoms with van der Waals surface area (Å²) < 4.78 is 25.7. The van der Waals surface area contributed by atoms with Crippen molar-refractivity contribution in [3.63, 3.8) is 0 Å². The number of hydrogen-bond donors (Lipinski definition) is 2. The molecule has 2 N–H and O–H groups in total. The molecular weight excluding hydrogens is 610 g/mol. The Morgan fingerprint density at radius 2 is 1.74 bits per heavy atom. The number of aliphatic hydroxyl groups excluding tert-OH is 1. The topological polar surface area (TPSA) is 80.6 Å². The van der Waals surface area contributed by atoms with Crippen LogP contribution < -0.4 is 0 Å². The molecule has 8 rings (SSSR count). The highest BCUT2D eigenvalue weighted by Crippen LogP contribution is 2.89. The van der Waals surface area contributed by atoms with Gasteiger partial charge in [-0.25, -0.2) is 0 Å². The minimum atomic E-state index is -0.825. The second kappa shape index (κ2) is 11.3. The number of nitrogens with zero attached hydrogens (tertiary/aromatic N) is 1. The van der Waals surface area contributed by atoms with E-state index in [2.05, 4.69) is 46.4 Å². The van der Waals surface area contributed by atoms with Crippen molar-refractivity contribution in [2.45, 2.75) is 154 Å². The minimum absolute atomic E-state index is 0.00812. The Balaban J connectivity index is 1.03. The van der Waals surface area contributed by atoms with E-state index >= 15 is 0 Å². The normalized spacial score (nSPS) is 53.1. The van der Waals surface area contributed by atoms with Crippen LogP contribution in [0.4, 0.5) is 0 Å². The van der Waals surface area contributed by atoms with Crippen molar-refractivity contribution in [2.75, 3.05) is 38.7 Å². The Morgan fingerprint density at radius 3 is 2.43 bits per heavy atom. The third-order valence-electron chi connectivity index (χ3n) is 16.7. The second-order valence-corrected chi connectivity index (χ2v) is 20.6. The van der Waals surface area contributed by atoms with Gasteiger partial charge in [-0.2, -0.15) is 11.8 Å². The van der Waals surface area contributed by atoms with E-state index in [1.807, 2.05) is 25.6 Å². The number of aliphatic hydroxyl groups is 2. The van der Waals surface area contributed by atoms with E-state index in [-0.39, 0.29) is 46.1 Å². The summed E-state index contributed by atoms with van der Waals surface area (Å²) in [7, 11) is 0. The summed E-state index contributed by atoms with van der Waals surface area (Å²) in [6, 6.07) is 0.528. The molecule has 5 saturated carbocycles. The van der Waals surface area contributed by atoms with Crippen LogP contribution in [0.5, 0.6) is 0 Å². The predicted octanol–water partition coefficient (Wildman–Crippen LogP) is 6.13. The van der Waals surface area contributed by atoms with Gasteiger partial charge in [0.25, 0.3) is 0 Å². The Labute approximate surface area is 288 Å². The molecule has 47 heavy (non-hydrogen) atoms. The predicted molar refractivity (Wildman–Crippen MR) is 185 cm³/mol. The van der Waals surface area contributed by atoms with Crippen molar-refractivity contribution in [2.24, 2.45) is 50.7 Å². The van der Waals surface area contributed by atoms with Crippen LogP contribution in [0.2, 0.25) is 0 Å². The van der Waals surface area contributed by atoms with Crippen LogP contribution in [0.25, 0.3) is 0 Å². The van der Waals surface area contributed by atoms with Crippen molar-refractivity contribution in [3.8, 4) is 0 Å². The van der Waals surface area contributed by atoms with Gasteiger partial charge in [0.15, 0.2) is 6.29 Å². The smallest absolute Gasteiger partial charge is 0.170 e. The second-order valence-electron chi connectivity index (χ2n) is 19.2. The van der Waals surface area contributed by atoms with Crippen LogP contribution in [-0.4, -0.2) is 101 Å². The molecule has 5 aliphatic carbocycles. The highest BCUT2D eigenvalue weighted by molar-refractivity contribution is 8.00.